The quantitative estimate of drug-likeness (QED) is 0.266. The van der Waals surface area contributed by atoms with Crippen LogP contribution >= 0.6 is 0 Å². The summed E-state index contributed by atoms with van der Waals surface area (Å²) in [5, 5.41) is 28.3. The number of amides is 3. The molecule has 0 unspecified atom stereocenters. The van der Waals surface area contributed by atoms with E-state index in [-0.39, 0.29) is 22.5 Å². The first kappa shape index (κ1) is 21.4. The molecule has 12 heteroatoms. The Bertz CT molecular complexity index is 1620. The van der Waals surface area contributed by atoms with Gasteiger partial charge in [0.25, 0.3) is 17.5 Å². The maximum absolute atomic E-state index is 12.8. The number of carbonyl (C=O) groups is 3. The second-order valence-electron chi connectivity index (χ2n) is 7.49. The number of para-hydroxylation sites is 1. The van der Waals surface area contributed by atoms with Crippen LogP contribution in [-0.2, 0) is 4.79 Å². The molecule has 3 heterocycles. The van der Waals surface area contributed by atoms with Crippen LogP contribution in [0.2, 0.25) is 0 Å². The van der Waals surface area contributed by atoms with Gasteiger partial charge in [0.15, 0.2) is 11.6 Å². The number of hydrogen-bond acceptors (Lipinski definition) is 8. The molecular formula is C23H13N7O5. The van der Waals surface area contributed by atoms with E-state index in [4.69, 9.17) is 0 Å². The van der Waals surface area contributed by atoms with Gasteiger partial charge in [-0.1, -0.05) is 24.3 Å². The van der Waals surface area contributed by atoms with Gasteiger partial charge in [-0.25, -0.2) is 4.98 Å². The molecule has 0 atom stereocenters. The second kappa shape index (κ2) is 8.16. The van der Waals surface area contributed by atoms with E-state index < -0.39 is 34.9 Å². The summed E-state index contributed by atoms with van der Waals surface area (Å²) in [5.74, 6) is -2.24. The molecule has 5 rings (SSSR count). The van der Waals surface area contributed by atoms with E-state index in [2.05, 4.69) is 15.4 Å². The lowest BCUT2D eigenvalue weighted by molar-refractivity contribution is -0.385. The highest BCUT2D eigenvalue weighted by molar-refractivity contribution is 6.24. The van der Waals surface area contributed by atoms with Crippen molar-refractivity contribution in [3.63, 3.8) is 0 Å². The molecule has 0 bridgehead atoms. The van der Waals surface area contributed by atoms with E-state index in [1.165, 1.54) is 23.0 Å². The minimum atomic E-state index is -0.947. The molecule has 0 fully saturated rings. The fraction of sp³-hybridized carbons (Fsp3) is 0.0435. The second-order valence-corrected chi connectivity index (χ2v) is 7.49. The summed E-state index contributed by atoms with van der Waals surface area (Å²) in [5.41, 5.74) is -0.329. The van der Waals surface area contributed by atoms with Crippen LogP contribution < -0.4 is 5.32 Å². The number of benzene rings is 2. The topological polar surface area (TPSA) is 164 Å². The lowest BCUT2D eigenvalue weighted by Gasteiger charge is -2.14. The third kappa shape index (κ3) is 3.53. The highest BCUT2D eigenvalue weighted by Gasteiger charge is 2.41. The molecule has 2 aromatic carbocycles. The molecule has 0 spiro atoms. The van der Waals surface area contributed by atoms with Gasteiger partial charge in [-0.15, -0.1) is 0 Å². The molecule has 1 aliphatic rings. The molecule has 1 aliphatic heterocycles. The van der Waals surface area contributed by atoms with Crippen LogP contribution in [0.25, 0.3) is 16.7 Å². The normalized spacial score (nSPS) is 12.5. The van der Waals surface area contributed by atoms with E-state index in [9.17, 15) is 29.8 Å². The zero-order valence-corrected chi connectivity index (χ0v) is 17.7. The van der Waals surface area contributed by atoms with Crippen LogP contribution in [0.15, 0.2) is 60.8 Å². The van der Waals surface area contributed by atoms with Crippen molar-refractivity contribution in [2.24, 2.45) is 0 Å². The molecule has 0 saturated carbocycles. The first-order valence-corrected chi connectivity index (χ1v) is 10.2. The molecule has 170 valence electrons. The zero-order chi connectivity index (χ0) is 24.7. The molecular weight excluding hydrogens is 454 g/mol. The summed E-state index contributed by atoms with van der Waals surface area (Å²) >= 11 is 0. The summed E-state index contributed by atoms with van der Waals surface area (Å²) in [7, 11) is 0. The number of aromatic nitrogens is 3. The largest absolute Gasteiger partial charge is 0.308 e. The number of nitro benzene ring substituents is 1. The smallest absolute Gasteiger partial charge is 0.282 e. The van der Waals surface area contributed by atoms with Gasteiger partial charge >= 0.3 is 0 Å². The molecule has 12 nitrogen and oxygen atoms in total. The van der Waals surface area contributed by atoms with Crippen LogP contribution in [0.3, 0.4) is 0 Å². The third-order valence-corrected chi connectivity index (χ3v) is 5.42. The molecule has 0 aliphatic carbocycles. The number of nitriles is 1. The lowest BCUT2D eigenvalue weighted by Crippen LogP contribution is -2.37. The van der Waals surface area contributed by atoms with Crippen molar-refractivity contribution in [2.45, 2.75) is 0 Å². The molecule has 0 radical (unpaired) electrons. The van der Waals surface area contributed by atoms with Crippen molar-refractivity contribution in [3.05, 3.63) is 87.6 Å². The minimum Gasteiger partial charge on any atom is -0.308 e. The summed E-state index contributed by atoms with van der Waals surface area (Å²) < 4.78 is 1.26. The predicted molar refractivity (Wildman–Crippen MR) is 121 cm³/mol. The first-order valence-electron chi connectivity index (χ1n) is 10.2. The van der Waals surface area contributed by atoms with Gasteiger partial charge in [0.1, 0.15) is 23.7 Å². The van der Waals surface area contributed by atoms with Gasteiger partial charge < -0.3 is 5.32 Å². The van der Waals surface area contributed by atoms with Gasteiger partial charge in [0.2, 0.25) is 5.91 Å². The molecule has 2 aromatic heterocycles. The van der Waals surface area contributed by atoms with Gasteiger partial charge in [-0.05, 0) is 24.3 Å². The molecule has 1 N–H and O–H groups in total. The van der Waals surface area contributed by atoms with Crippen LogP contribution in [0.4, 0.5) is 11.5 Å². The average Bonchev–Trinajstić information content (AvgIpc) is 3.37. The average molecular weight is 467 g/mol. The van der Waals surface area contributed by atoms with Crippen LogP contribution in [-0.4, -0.2) is 48.9 Å². The van der Waals surface area contributed by atoms with Crippen LogP contribution in [0.1, 0.15) is 26.3 Å². The summed E-state index contributed by atoms with van der Waals surface area (Å²) in [6.45, 7) is -0.718. The Morgan fingerprint density at radius 1 is 1.09 bits per heavy atom. The van der Waals surface area contributed by atoms with Crippen molar-refractivity contribution in [2.75, 3.05) is 11.9 Å². The van der Waals surface area contributed by atoms with Crippen molar-refractivity contribution >= 4 is 40.1 Å². The number of nitro groups is 1. The first-order chi connectivity index (χ1) is 16.9. The Labute approximate surface area is 196 Å². The van der Waals surface area contributed by atoms with Gasteiger partial charge in [-0.3, -0.25) is 29.4 Å². The molecule has 4 aromatic rings. The highest BCUT2D eigenvalue weighted by Crippen LogP contribution is 2.30. The van der Waals surface area contributed by atoms with Crippen molar-refractivity contribution in [1.82, 2.24) is 19.7 Å². The number of rotatable bonds is 5. The zero-order valence-electron chi connectivity index (χ0n) is 17.7. The minimum absolute atomic E-state index is 0.00266. The standard InChI is InChI=1S/C23H13N7O5/c24-10-14-11-25-29(18-9-8-13-4-1-2-6-16(13)26-18)21(14)27-19(31)12-28-22(32)15-5-3-7-17(30(34)35)20(15)23(28)33/h1-9,11H,12H2,(H,27,31). The van der Waals surface area contributed by atoms with E-state index in [1.807, 2.05) is 30.3 Å². The van der Waals surface area contributed by atoms with Gasteiger partial charge in [0.05, 0.1) is 22.2 Å². The van der Waals surface area contributed by atoms with Crippen molar-refractivity contribution < 1.29 is 19.3 Å². The predicted octanol–water partition coefficient (Wildman–Crippen LogP) is 2.44. The fourth-order valence-corrected chi connectivity index (χ4v) is 3.82. The Kier molecular flexibility index (Phi) is 4.99. The Hall–Kier alpha value is -5.44. The van der Waals surface area contributed by atoms with Crippen LogP contribution in [0, 0.1) is 21.4 Å². The number of nitrogens with one attached hydrogen (secondary N) is 1. The van der Waals surface area contributed by atoms with E-state index >= 15 is 0 Å². The molecule has 3 amide bonds. The molecule has 0 saturated heterocycles. The molecule has 35 heavy (non-hydrogen) atoms. The SMILES string of the molecule is N#Cc1cnn(-c2ccc3ccccc3n2)c1NC(=O)CN1C(=O)c2cccc([N+](=O)[O-])c2C1=O. The van der Waals surface area contributed by atoms with Crippen LogP contribution in [0.5, 0.6) is 0 Å². The fourth-order valence-electron chi connectivity index (χ4n) is 3.82. The Balaban J connectivity index is 1.43. The van der Waals surface area contributed by atoms with Crippen molar-refractivity contribution in [1.29, 1.82) is 5.26 Å². The van der Waals surface area contributed by atoms with Gasteiger partial charge in [0, 0.05) is 11.5 Å². The number of fused-ring (bicyclic) bond motifs is 2. The number of hydrogen-bond donors (Lipinski definition) is 1. The van der Waals surface area contributed by atoms with Crippen molar-refractivity contribution in [3.8, 4) is 11.9 Å². The number of nitrogens with zero attached hydrogens (tertiary/aromatic N) is 6. The van der Waals surface area contributed by atoms with Gasteiger partial charge in [-0.2, -0.15) is 15.0 Å². The monoisotopic (exact) mass is 467 g/mol. The van der Waals surface area contributed by atoms with E-state index in [0.717, 1.165) is 11.5 Å². The number of anilines is 1. The maximum atomic E-state index is 12.8. The summed E-state index contributed by atoms with van der Waals surface area (Å²) in [6.07, 6.45) is 1.25. The summed E-state index contributed by atoms with van der Waals surface area (Å²) in [6, 6.07) is 16.4. The number of imide groups is 1. The Morgan fingerprint density at radius 3 is 2.66 bits per heavy atom. The maximum Gasteiger partial charge on any atom is 0.282 e. The summed E-state index contributed by atoms with van der Waals surface area (Å²) in [4.78, 5) is 53.9. The highest BCUT2D eigenvalue weighted by atomic mass is 16.6. The number of carbonyl (C=O) groups excluding carboxylic acids is 3. The van der Waals surface area contributed by atoms with E-state index in [0.29, 0.717) is 16.2 Å². The number of pyridine rings is 1. The Morgan fingerprint density at radius 2 is 1.89 bits per heavy atom. The lowest BCUT2D eigenvalue weighted by atomic mass is 10.1. The van der Waals surface area contributed by atoms with E-state index in [1.54, 1.807) is 12.1 Å². The third-order valence-electron chi connectivity index (χ3n) is 5.42.